The average Bonchev–Trinajstić information content (AvgIpc) is 2.68. The van der Waals surface area contributed by atoms with Gasteiger partial charge in [-0.3, -0.25) is 10.1 Å². The molecule has 1 aliphatic heterocycles. The lowest BCUT2D eigenvalue weighted by molar-refractivity contribution is 0.0977. The van der Waals surface area contributed by atoms with Gasteiger partial charge in [0.1, 0.15) is 0 Å². The van der Waals surface area contributed by atoms with Crippen LogP contribution in [0.25, 0.3) is 0 Å². The second-order valence-electron chi connectivity index (χ2n) is 8.82. The molecular formula is C24H31N3OS. The zero-order valence-electron chi connectivity index (χ0n) is 17.8. The lowest BCUT2D eigenvalue weighted by Crippen LogP contribution is -2.37. The normalized spacial score (nSPS) is 17.0. The fourth-order valence-corrected chi connectivity index (χ4v) is 3.89. The van der Waals surface area contributed by atoms with Gasteiger partial charge in [0.2, 0.25) is 0 Å². The molecule has 3 rings (SSSR count). The summed E-state index contributed by atoms with van der Waals surface area (Å²) in [5, 5.41) is 6.16. The second kappa shape index (κ2) is 8.95. The summed E-state index contributed by atoms with van der Waals surface area (Å²) in [7, 11) is 0. The number of carbonyl (C=O) groups is 1. The maximum absolute atomic E-state index is 12.5. The molecule has 0 unspecified atom stereocenters. The predicted molar refractivity (Wildman–Crippen MR) is 126 cm³/mol. The summed E-state index contributed by atoms with van der Waals surface area (Å²) < 4.78 is 0. The van der Waals surface area contributed by atoms with Gasteiger partial charge in [-0.15, -0.1) is 0 Å². The van der Waals surface area contributed by atoms with Crippen LogP contribution in [0.4, 0.5) is 11.4 Å². The van der Waals surface area contributed by atoms with Gasteiger partial charge >= 0.3 is 0 Å². The molecule has 0 aliphatic carbocycles. The molecule has 1 fully saturated rings. The summed E-state index contributed by atoms with van der Waals surface area (Å²) in [6.07, 6.45) is 3.80. The highest BCUT2D eigenvalue weighted by molar-refractivity contribution is 7.80. The fraction of sp³-hybridized carbons (Fsp3) is 0.417. The monoisotopic (exact) mass is 409 g/mol. The van der Waals surface area contributed by atoms with Crippen LogP contribution in [0.2, 0.25) is 0 Å². The SMILES string of the molecule is C[C@H]1CCCCN1c1ccc(NC(=S)NC(=O)c2ccc(C(C)(C)C)cc2)cc1. The van der Waals surface area contributed by atoms with Crippen molar-refractivity contribution in [3.63, 3.8) is 0 Å². The van der Waals surface area contributed by atoms with Gasteiger partial charge in [0, 0.05) is 29.5 Å². The van der Waals surface area contributed by atoms with Gasteiger partial charge in [-0.25, -0.2) is 0 Å². The molecule has 1 aliphatic rings. The lowest BCUT2D eigenvalue weighted by atomic mass is 9.87. The van der Waals surface area contributed by atoms with Crippen molar-refractivity contribution in [2.24, 2.45) is 0 Å². The average molecular weight is 410 g/mol. The molecule has 0 radical (unpaired) electrons. The summed E-state index contributed by atoms with van der Waals surface area (Å²) in [5.74, 6) is -0.207. The van der Waals surface area contributed by atoms with Crippen LogP contribution >= 0.6 is 12.2 Å². The topological polar surface area (TPSA) is 44.4 Å². The molecule has 0 saturated carbocycles. The Kier molecular flexibility index (Phi) is 6.58. The number of nitrogens with zero attached hydrogens (tertiary/aromatic N) is 1. The molecular weight excluding hydrogens is 378 g/mol. The number of rotatable bonds is 3. The van der Waals surface area contributed by atoms with Crippen molar-refractivity contribution in [3.05, 3.63) is 59.7 Å². The lowest BCUT2D eigenvalue weighted by Gasteiger charge is -2.35. The van der Waals surface area contributed by atoms with E-state index in [1.807, 2.05) is 36.4 Å². The molecule has 4 nitrogen and oxygen atoms in total. The third-order valence-corrected chi connectivity index (χ3v) is 5.70. The molecule has 0 bridgehead atoms. The predicted octanol–water partition coefficient (Wildman–Crippen LogP) is 5.49. The van der Waals surface area contributed by atoms with Crippen molar-refractivity contribution >= 4 is 34.6 Å². The van der Waals surface area contributed by atoms with Gasteiger partial charge < -0.3 is 10.2 Å². The van der Waals surface area contributed by atoms with Crippen molar-refractivity contribution in [1.29, 1.82) is 0 Å². The van der Waals surface area contributed by atoms with E-state index in [9.17, 15) is 4.79 Å². The molecule has 1 atom stereocenters. The summed E-state index contributed by atoms with van der Waals surface area (Å²) in [6.45, 7) is 9.84. The summed E-state index contributed by atoms with van der Waals surface area (Å²) in [4.78, 5) is 14.9. The number of thiocarbonyl (C=S) groups is 1. The Morgan fingerprint density at radius 2 is 1.69 bits per heavy atom. The minimum atomic E-state index is -0.207. The zero-order chi connectivity index (χ0) is 21.0. The van der Waals surface area contributed by atoms with Crippen LogP contribution in [0.3, 0.4) is 0 Å². The Morgan fingerprint density at radius 1 is 1.03 bits per heavy atom. The molecule has 2 aromatic rings. The molecule has 154 valence electrons. The highest BCUT2D eigenvalue weighted by Gasteiger charge is 2.18. The van der Waals surface area contributed by atoms with E-state index in [2.05, 4.69) is 55.4 Å². The van der Waals surface area contributed by atoms with E-state index in [1.54, 1.807) is 0 Å². The van der Waals surface area contributed by atoms with Crippen LogP contribution in [0, 0.1) is 0 Å². The first kappa shape index (κ1) is 21.3. The number of amides is 1. The number of carbonyl (C=O) groups excluding carboxylic acids is 1. The van der Waals surface area contributed by atoms with Crippen LogP contribution in [-0.2, 0) is 5.41 Å². The maximum atomic E-state index is 12.5. The van der Waals surface area contributed by atoms with E-state index in [1.165, 1.54) is 30.5 Å². The molecule has 1 heterocycles. The van der Waals surface area contributed by atoms with Crippen molar-refractivity contribution in [2.75, 3.05) is 16.8 Å². The van der Waals surface area contributed by atoms with E-state index in [0.717, 1.165) is 12.2 Å². The summed E-state index contributed by atoms with van der Waals surface area (Å²) in [5.41, 5.74) is 3.95. The minimum absolute atomic E-state index is 0.0595. The smallest absolute Gasteiger partial charge is 0.257 e. The molecule has 1 amide bonds. The van der Waals surface area contributed by atoms with Gasteiger partial charge in [0.15, 0.2) is 5.11 Å². The van der Waals surface area contributed by atoms with Gasteiger partial charge in [-0.05, 0) is 85.8 Å². The van der Waals surface area contributed by atoms with Crippen LogP contribution < -0.4 is 15.5 Å². The van der Waals surface area contributed by atoms with Crippen molar-refractivity contribution in [2.45, 2.75) is 58.4 Å². The number of nitrogens with one attached hydrogen (secondary N) is 2. The Balaban J connectivity index is 1.57. The minimum Gasteiger partial charge on any atom is -0.369 e. The largest absolute Gasteiger partial charge is 0.369 e. The fourth-order valence-electron chi connectivity index (χ4n) is 3.68. The molecule has 0 aromatic heterocycles. The highest BCUT2D eigenvalue weighted by Crippen LogP contribution is 2.26. The Morgan fingerprint density at radius 3 is 2.28 bits per heavy atom. The first-order valence-corrected chi connectivity index (χ1v) is 10.7. The summed E-state index contributed by atoms with van der Waals surface area (Å²) >= 11 is 5.32. The molecule has 0 spiro atoms. The van der Waals surface area contributed by atoms with Gasteiger partial charge in [0.25, 0.3) is 5.91 Å². The molecule has 29 heavy (non-hydrogen) atoms. The first-order valence-electron chi connectivity index (χ1n) is 10.3. The Labute approximate surface area is 179 Å². The molecule has 1 saturated heterocycles. The molecule has 2 N–H and O–H groups in total. The van der Waals surface area contributed by atoms with Crippen LogP contribution in [0.15, 0.2) is 48.5 Å². The number of anilines is 2. The highest BCUT2D eigenvalue weighted by atomic mass is 32.1. The van der Waals surface area contributed by atoms with Crippen molar-refractivity contribution in [3.8, 4) is 0 Å². The van der Waals surface area contributed by atoms with Crippen LogP contribution in [0.5, 0.6) is 0 Å². The number of hydrogen-bond acceptors (Lipinski definition) is 3. The Hall–Kier alpha value is -2.40. The number of benzene rings is 2. The quantitative estimate of drug-likeness (QED) is 0.658. The van der Waals surface area contributed by atoms with E-state index in [0.29, 0.717) is 16.7 Å². The second-order valence-corrected chi connectivity index (χ2v) is 9.23. The summed E-state index contributed by atoms with van der Waals surface area (Å²) in [6, 6.07) is 16.5. The molecule has 5 heteroatoms. The molecule has 2 aromatic carbocycles. The van der Waals surface area contributed by atoms with E-state index in [-0.39, 0.29) is 11.3 Å². The van der Waals surface area contributed by atoms with Gasteiger partial charge in [0.05, 0.1) is 0 Å². The number of hydrogen-bond donors (Lipinski definition) is 2. The van der Waals surface area contributed by atoms with E-state index < -0.39 is 0 Å². The maximum Gasteiger partial charge on any atom is 0.257 e. The zero-order valence-corrected chi connectivity index (χ0v) is 18.6. The van der Waals surface area contributed by atoms with Crippen molar-refractivity contribution in [1.82, 2.24) is 5.32 Å². The van der Waals surface area contributed by atoms with E-state index in [4.69, 9.17) is 12.2 Å². The third-order valence-electron chi connectivity index (χ3n) is 5.50. The third kappa shape index (κ3) is 5.57. The van der Waals surface area contributed by atoms with Gasteiger partial charge in [-0.2, -0.15) is 0 Å². The van der Waals surface area contributed by atoms with E-state index >= 15 is 0 Å². The standard InChI is InChI=1S/C24H31N3OS/c1-17-7-5-6-16-27(17)21-14-12-20(13-15-21)25-23(29)26-22(28)18-8-10-19(11-9-18)24(2,3)4/h8-15,17H,5-7,16H2,1-4H3,(H2,25,26,28,29)/t17-/m0/s1. The van der Waals surface area contributed by atoms with Crippen LogP contribution in [-0.4, -0.2) is 23.6 Å². The Bertz CT molecular complexity index is 853. The van der Waals surface area contributed by atoms with Crippen molar-refractivity contribution < 1.29 is 4.79 Å². The van der Waals surface area contributed by atoms with Crippen LogP contribution in [0.1, 0.15) is 62.9 Å². The van der Waals surface area contributed by atoms with Gasteiger partial charge in [-0.1, -0.05) is 32.9 Å². The first-order chi connectivity index (χ1) is 13.7. The number of piperidine rings is 1.